The van der Waals surface area contributed by atoms with Gasteiger partial charge in [-0.15, -0.1) is 0 Å². The van der Waals surface area contributed by atoms with Crippen LogP contribution in [-0.2, 0) is 11.2 Å². The number of hydrogen-bond acceptors (Lipinski definition) is 4. The van der Waals surface area contributed by atoms with E-state index in [2.05, 4.69) is 10.3 Å². The number of likely N-dealkylation sites (N-methyl/N-ethyl adjacent to an activating group) is 1. The summed E-state index contributed by atoms with van der Waals surface area (Å²) in [5.41, 5.74) is 7.23. The fourth-order valence-corrected chi connectivity index (χ4v) is 1.44. The second kappa shape index (κ2) is 6.85. The van der Waals surface area contributed by atoms with Crippen molar-refractivity contribution in [3.8, 4) is 5.75 Å². The summed E-state index contributed by atoms with van der Waals surface area (Å²) in [4.78, 5) is 15.6. The fraction of sp³-hybridized carbons (Fsp3) is 0.500. The van der Waals surface area contributed by atoms with E-state index >= 15 is 0 Å². The molecule has 0 aromatic carbocycles. The van der Waals surface area contributed by atoms with Crippen molar-refractivity contribution in [2.75, 3.05) is 19.7 Å². The van der Waals surface area contributed by atoms with Gasteiger partial charge in [-0.05, 0) is 32.5 Å². The Bertz CT molecular complexity index is 380. The molecule has 0 saturated heterocycles. The van der Waals surface area contributed by atoms with Gasteiger partial charge in [-0.2, -0.15) is 0 Å². The summed E-state index contributed by atoms with van der Waals surface area (Å²) >= 11 is 0. The highest BCUT2D eigenvalue weighted by Crippen LogP contribution is 2.17. The zero-order chi connectivity index (χ0) is 12.7. The highest BCUT2D eigenvalue weighted by Gasteiger charge is 2.07. The van der Waals surface area contributed by atoms with Crippen molar-refractivity contribution in [3.05, 3.63) is 23.5 Å². The van der Waals surface area contributed by atoms with Gasteiger partial charge in [-0.1, -0.05) is 0 Å². The van der Waals surface area contributed by atoms with Crippen LogP contribution in [0.25, 0.3) is 0 Å². The van der Waals surface area contributed by atoms with E-state index in [-0.39, 0.29) is 12.5 Å². The maximum atomic E-state index is 11.3. The molecule has 5 nitrogen and oxygen atoms in total. The Kier molecular flexibility index (Phi) is 5.42. The SMILES string of the molecule is CCNC(=O)COc1ccc(C)nc1CCN. The Morgan fingerprint density at radius 3 is 2.94 bits per heavy atom. The van der Waals surface area contributed by atoms with Crippen molar-refractivity contribution < 1.29 is 9.53 Å². The number of aryl methyl sites for hydroxylation is 1. The number of nitrogens with one attached hydrogen (secondary N) is 1. The molecule has 0 bridgehead atoms. The molecule has 1 rings (SSSR count). The molecule has 1 amide bonds. The van der Waals surface area contributed by atoms with E-state index in [0.717, 1.165) is 11.4 Å². The second-order valence-electron chi connectivity index (χ2n) is 3.68. The van der Waals surface area contributed by atoms with E-state index in [9.17, 15) is 4.79 Å². The summed E-state index contributed by atoms with van der Waals surface area (Å²) in [5, 5.41) is 2.67. The van der Waals surface area contributed by atoms with Crippen LogP contribution in [-0.4, -0.2) is 30.6 Å². The van der Waals surface area contributed by atoms with E-state index in [1.165, 1.54) is 0 Å². The summed E-state index contributed by atoms with van der Waals surface area (Å²) in [6.07, 6.45) is 0.645. The number of ether oxygens (including phenoxy) is 1. The van der Waals surface area contributed by atoms with Gasteiger partial charge in [0.15, 0.2) is 6.61 Å². The molecule has 0 radical (unpaired) electrons. The molecule has 0 unspecified atom stereocenters. The van der Waals surface area contributed by atoms with Crippen LogP contribution in [0.3, 0.4) is 0 Å². The summed E-state index contributed by atoms with van der Waals surface area (Å²) in [6, 6.07) is 3.68. The summed E-state index contributed by atoms with van der Waals surface area (Å²) in [5.74, 6) is 0.499. The lowest BCUT2D eigenvalue weighted by atomic mass is 10.2. The highest BCUT2D eigenvalue weighted by molar-refractivity contribution is 5.77. The van der Waals surface area contributed by atoms with Gasteiger partial charge >= 0.3 is 0 Å². The quantitative estimate of drug-likeness (QED) is 0.751. The van der Waals surface area contributed by atoms with Crippen molar-refractivity contribution in [2.45, 2.75) is 20.3 Å². The first-order valence-corrected chi connectivity index (χ1v) is 5.73. The standard InChI is InChI=1S/C12H19N3O2/c1-3-14-12(16)8-17-11-5-4-9(2)15-10(11)6-7-13/h4-5H,3,6-8,13H2,1-2H3,(H,14,16). The molecule has 0 fully saturated rings. The van der Waals surface area contributed by atoms with Crippen LogP contribution in [0, 0.1) is 6.92 Å². The average Bonchev–Trinajstić information content (AvgIpc) is 2.29. The second-order valence-corrected chi connectivity index (χ2v) is 3.68. The Hall–Kier alpha value is -1.62. The maximum absolute atomic E-state index is 11.3. The monoisotopic (exact) mass is 237 g/mol. The molecular formula is C12H19N3O2. The number of rotatable bonds is 6. The van der Waals surface area contributed by atoms with Crippen molar-refractivity contribution in [1.29, 1.82) is 0 Å². The number of aromatic nitrogens is 1. The molecule has 0 atom stereocenters. The van der Waals surface area contributed by atoms with Crippen LogP contribution in [0.15, 0.2) is 12.1 Å². The van der Waals surface area contributed by atoms with Crippen molar-refractivity contribution in [1.82, 2.24) is 10.3 Å². The third kappa shape index (κ3) is 4.40. The number of nitrogens with two attached hydrogens (primary N) is 1. The fourth-order valence-electron chi connectivity index (χ4n) is 1.44. The largest absolute Gasteiger partial charge is 0.482 e. The molecule has 94 valence electrons. The molecule has 0 spiro atoms. The predicted octanol–water partition coefficient (Wildman–Crippen LogP) is 0.406. The minimum absolute atomic E-state index is 0.0101. The van der Waals surface area contributed by atoms with E-state index in [0.29, 0.717) is 25.3 Å². The minimum atomic E-state index is -0.133. The Balaban J connectivity index is 2.66. The van der Waals surface area contributed by atoms with Gasteiger partial charge in [-0.25, -0.2) is 0 Å². The molecule has 5 heteroatoms. The normalized spacial score (nSPS) is 10.1. The van der Waals surface area contributed by atoms with Gasteiger partial charge in [-0.3, -0.25) is 9.78 Å². The third-order valence-electron chi connectivity index (χ3n) is 2.19. The average molecular weight is 237 g/mol. The van der Waals surface area contributed by atoms with E-state index in [4.69, 9.17) is 10.5 Å². The summed E-state index contributed by atoms with van der Waals surface area (Å²) in [7, 11) is 0. The highest BCUT2D eigenvalue weighted by atomic mass is 16.5. The molecule has 1 aromatic rings. The van der Waals surface area contributed by atoms with Gasteiger partial charge in [0, 0.05) is 18.7 Å². The topological polar surface area (TPSA) is 77.2 Å². The minimum Gasteiger partial charge on any atom is -0.482 e. The first kappa shape index (κ1) is 13.4. The van der Waals surface area contributed by atoms with E-state index < -0.39 is 0 Å². The van der Waals surface area contributed by atoms with Crippen molar-refractivity contribution >= 4 is 5.91 Å². The van der Waals surface area contributed by atoms with Gasteiger partial charge < -0.3 is 15.8 Å². The number of amides is 1. The van der Waals surface area contributed by atoms with Gasteiger partial charge in [0.2, 0.25) is 0 Å². The number of carbonyl (C=O) groups is 1. The van der Waals surface area contributed by atoms with Gasteiger partial charge in [0.1, 0.15) is 5.75 Å². The predicted molar refractivity (Wildman–Crippen MR) is 65.9 cm³/mol. The Morgan fingerprint density at radius 1 is 1.53 bits per heavy atom. The molecule has 1 heterocycles. The molecule has 0 saturated carbocycles. The van der Waals surface area contributed by atoms with Crippen LogP contribution in [0.2, 0.25) is 0 Å². The molecule has 0 aliphatic rings. The van der Waals surface area contributed by atoms with Crippen molar-refractivity contribution in [3.63, 3.8) is 0 Å². The molecule has 3 N–H and O–H groups in total. The zero-order valence-electron chi connectivity index (χ0n) is 10.3. The van der Waals surface area contributed by atoms with Crippen LogP contribution < -0.4 is 15.8 Å². The lowest BCUT2D eigenvalue weighted by Crippen LogP contribution is -2.28. The molecule has 0 aliphatic carbocycles. The van der Waals surface area contributed by atoms with Gasteiger partial charge in [0.05, 0.1) is 5.69 Å². The first-order chi connectivity index (χ1) is 8.17. The van der Waals surface area contributed by atoms with Crippen LogP contribution in [0.1, 0.15) is 18.3 Å². The van der Waals surface area contributed by atoms with Crippen molar-refractivity contribution in [2.24, 2.45) is 5.73 Å². The summed E-state index contributed by atoms with van der Waals surface area (Å²) in [6.45, 7) is 4.90. The number of pyridine rings is 1. The van der Waals surface area contributed by atoms with E-state index in [1.807, 2.05) is 26.0 Å². The maximum Gasteiger partial charge on any atom is 0.257 e. The Morgan fingerprint density at radius 2 is 2.29 bits per heavy atom. The first-order valence-electron chi connectivity index (χ1n) is 5.73. The molecule has 17 heavy (non-hydrogen) atoms. The summed E-state index contributed by atoms with van der Waals surface area (Å²) < 4.78 is 5.43. The lowest BCUT2D eigenvalue weighted by molar-refractivity contribution is -0.122. The third-order valence-corrected chi connectivity index (χ3v) is 2.19. The smallest absolute Gasteiger partial charge is 0.257 e. The Labute approximate surface area is 101 Å². The number of hydrogen-bond donors (Lipinski definition) is 2. The van der Waals surface area contributed by atoms with Gasteiger partial charge in [0.25, 0.3) is 5.91 Å². The molecule has 1 aromatic heterocycles. The lowest BCUT2D eigenvalue weighted by Gasteiger charge is -2.10. The number of nitrogens with zero attached hydrogens (tertiary/aromatic N) is 1. The van der Waals surface area contributed by atoms with Crippen LogP contribution in [0.4, 0.5) is 0 Å². The zero-order valence-corrected chi connectivity index (χ0v) is 10.3. The van der Waals surface area contributed by atoms with Crippen LogP contribution in [0.5, 0.6) is 5.75 Å². The molecule has 0 aliphatic heterocycles. The van der Waals surface area contributed by atoms with E-state index in [1.54, 1.807) is 0 Å². The molecular weight excluding hydrogens is 218 g/mol. The van der Waals surface area contributed by atoms with Crippen LogP contribution >= 0.6 is 0 Å². The number of carbonyl (C=O) groups excluding carboxylic acids is 1.